The standard InChI is InChI=1S/C12H17N/c1-2-3-9-13-10-12(13)11-7-5-4-6-8-11/h4-8,12H,2-3,9-10H2,1H3/t12-,13?/m1/s1. The highest BCUT2D eigenvalue weighted by Crippen LogP contribution is 2.34. The molecule has 0 N–H and O–H groups in total. The number of rotatable bonds is 4. The van der Waals surface area contributed by atoms with Gasteiger partial charge in [-0.1, -0.05) is 43.7 Å². The lowest BCUT2D eigenvalue weighted by Gasteiger charge is -2.01. The van der Waals surface area contributed by atoms with Crippen molar-refractivity contribution < 1.29 is 0 Å². The van der Waals surface area contributed by atoms with Crippen LogP contribution in [-0.2, 0) is 0 Å². The van der Waals surface area contributed by atoms with Gasteiger partial charge in [0.1, 0.15) is 0 Å². The van der Waals surface area contributed by atoms with E-state index in [1.54, 1.807) is 0 Å². The molecule has 13 heavy (non-hydrogen) atoms. The Morgan fingerprint density at radius 1 is 1.31 bits per heavy atom. The minimum atomic E-state index is 0.729. The van der Waals surface area contributed by atoms with Crippen LogP contribution in [0.1, 0.15) is 31.4 Å². The molecule has 1 heteroatoms. The van der Waals surface area contributed by atoms with Crippen LogP contribution in [0.3, 0.4) is 0 Å². The number of hydrogen-bond acceptors (Lipinski definition) is 1. The summed E-state index contributed by atoms with van der Waals surface area (Å²) in [5.41, 5.74) is 1.48. The lowest BCUT2D eigenvalue weighted by atomic mass is 10.2. The lowest BCUT2D eigenvalue weighted by Crippen LogP contribution is -1.99. The summed E-state index contributed by atoms with van der Waals surface area (Å²) in [4.78, 5) is 2.54. The molecule has 0 spiro atoms. The lowest BCUT2D eigenvalue weighted by molar-refractivity contribution is 0.492. The fourth-order valence-corrected chi connectivity index (χ4v) is 1.77. The van der Waals surface area contributed by atoms with E-state index in [0.29, 0.717) is 0 Å². The zero-order chi connectivity index (χ0) is 9.10. The van der Waals surface area contributed by atoms with Gasteiger partial charge in [0, 0.05) is 12.6 Å². The van der Waals surface area contributed by atoms with E-state index in [2.05, 4.69) is 42.2 Å². The fourth-order valence-electron chi connectivity index (χ4n) is 1.77. The summed E-state index contributed by atoms with van der Waals surface area (Å²) in [6.07, 6.45) is 2.64. The second kappa shape index (κ2) is 3.93. The molecule has 2 rings (SSSR count). The normalized spacial score (nSPS) is 25.9. The maximum Gasteiger partial charge on any atom is 0.0476 e. The molecular weight excluding hydrogens is 158 g/mol. The molecule has 0 radical (unpaired) electrons. The first kappa shape index (κ1) is 8.76. The summed E-state index contributed by atoms with van der Waals surface area (Å²) in [7, 11) is 0. The Bertz CT molecular complexity index is 255. The van der Waals surface area contributed by atoms with E-state index in [1.807, 2.05) is 0 Å². The minimum absolute atomic E-state index is 0.729. The molecule has 1 saturated heterocycles. The summed E-state index contributed by atoms with van der Waals surface area (Å²) in [5.74, 6) is 0. The topological polar surface area (TPSA) is 3.01 Å². The Hall–Kier alpha value is -0.820. The highest BCUT2D eigenvalue weighted by atomic mass is 15.3. The predicted molar refractivity (Wildman–Crippen MR) is 55.7 cm³/mol. The van der Waals surface area contributed by atoms with E-state index < -0.39 is 0 Å². The largest absolute Gasteiger partial charge is 0.293 e. The molecule has 1 aromatic rings. The number of benzene rings is 1. The van der Waals surface area contributed by atoms with Crippen molar-refractivity contribution in [2.24, 2.45) is 0 Å². The fraction of sp³-hybridized carbons (Fsp3) is 0.500. The van der Waals surface area contributed by atoms with Crippen molar-refractivity contribution >= 4 is 0 Å². The van der Waals surface area contributed by atoms with Crippen LogP contribution in [0, 0.1) is 0 Å². The third-order valence-electron chi connectivity index (χ3n) is 2.70. The smallest absolute Gasteiger partial charge is 0.0476 e. The van der Waals surface area contributed by atoms with Crippen LogP contribution in [0.25, 0.3) is 0 Å². The molecule has 0 aromatic heterocycles. The highest BCUT2D eigenvalue weighted by Gasteiger charge is 2.33. The Balaban J connectivity index is 1.86. The Labute approximate surface area is 80.4 Å². The summed E-state index contributed by atoms with van der Waals surface area (Å²) in [5, 5.41) is 0. The molecular formula is C12H17N. The van der Waals surface area contributed by atoms with Crippen LogP contribution >= 0.6 is 0 Å². The van der Waals surface area contributed by atoms with E-state index in [-0.39, 0.29) is 0 Å². The van der Waals surface area contributed by atoms with Crippen LogP contribution in [0.2, 0.25) is 0 Å². The molecule has 0 saturated carbocycles. The SMILES string of the molecule is CCCCN1C[C@@H]1c1ccccc1. The van der Waals surface area contributed by atoms with Crippen molar-refractivity contribution in [1.29, 1.82) is 0 Å². The first-order valence-corrected chi connectivity index (χ1v) is 5.21. The third-order valence-corrected chi connectivity index (χ3v) is 2.70. The van der Waals surface area contributed by atoms with Gasteiger partial charge in [-0.3, -0.25) is 4.90 Å². The zero-order valence-corrected chi connectivity index (χ0v) is 8.24. The van der Waals surface area contributed by atoms with Crippen molar-refractivity contribution in [1.82, 2.24) is 4.90 Å². The predicted octanol–water partition coefficient (Wildman–Crippen LogP) is 2.84. The van der Waals surface area contributed by atoms with E-state index in [9.17, 15) is 0 Å². The highest BCUT2D eigenvalue weighted by molar-refractivity contribution is 5.23. The van der Waals surface area contributed by atoms with Gasteiger partial charge in [0.05, 0.1) is 0 Å². The van der Waals surface area contributed by atoms with E-state index in [4.69, 9.17) is 0 Å². The van der Waals surface area contributed by atoms with Crippen LogP contribution in [0.5, 0.6) is 0 Å². The zero-order valence-electron chi connectivity index (χ0n) is 8.24. The second-order valence-corrected chi connectivity index (χ2v) is 3.77. The summed E-state index contributed by atoms with van der Waals surface area (Å²) >= 11 is 0. The Morgan fingerprint density at radius 2 is 2.08 bits per heavy atom. The monoisotopic (exact) mass is 175 g/mol. The summed E-state index contributed by atoms with van der Waals surface area (Å²) in [6, 6.07) is 11.5. The van der Waals surface area contributed by atoms with Crippen molar-refractivity contribution in [3.8, 4) is 0 Å². The van der Waals surface area contributed by atoms with E-state index in [0.717, 1.165) is 6.04 Å². The summed E-state index contributed by atoms with van der Waals surface area (Å²) in [6.45, 7) is 4.79. The summed E-state index contributed by atoms with van der Waals surface area (Å²) < 4.78 is 0. The number of nitrogens with zero attached hydrogens (tertiary/aromatic N) is 1. The van der Waals surface area contributed by atoms with Crippen molar-refractivity contribution in [2.75, 3.05) is 13.1 Å². The van der Waals surface area contributed by atoms with Crippen molar-refractivity contribution in [3.05, 3.63) is 35.9 Å². The maximum absolute atomic E-state index is 2.54. The maximum atomic E-state index is 2.54. The van der Waals surface area contributed by atoms with Gasteiger partial charge in [-0.15, -0.1) is 0 Å². The van der Waals surface area contributed by atoms with Crippen LogP contribution < -0.4 is 0 Å². The second-order valence-electron chi connectivity index (χ2n) is 3.77. The van der Waals surface area contributed by atoms with E-state index >= 15 is 0 Å². The molecule has 1 aromatic carbocycles. The van der Waals surface area contributed by atoms with Crippen LogP contribution in [0.15, 0.2) is 30.3 Å². The van der Waals surface area contributed by atoms with Gasteiger partial charge in [-0.2, -0.15) is 0 Å². The average Bonchev–Trinajstić information content (AvgIpc) is 2.95. The van der Waals surface area contributed by atoms with E-state index in [1.165, 1.54) is 31.5 Å². The molecule has 0 amide bonds. The molecule has 0 aliphatic carbocycles. The molecule has 2 atom stereocenters. The molecule has 1 fully saturated rings. The quantitative estimate of drug-likeness (QED) is 0.636. The average molecular weight is 175 g/mol. The molecule has 1 heterocycles. The van der Waals surface area contributed by atoms with Gasteiger partial charge in [-0.05, 0) is 18.5 Å². The van der Waals surface area contributed by atoms with Gasteiger partial charge in [-0.25, -0.2) is 0 Å². The van der Waals surface area contributed by atoms with Gasteiger partial charge in [0.2, 0.25) is 0 Å². The molecule has 0 bridgehead atoms. The third kappa shape index (κ3) is 2.10. The van der Waals surface area contributed by atoms with Crippen LogP contribution in [0.4, 0.5) is 0 Å². The molecule has 1 unspecified atom stereocenters. The molecule has 1 nitrogen and oxygen atoms in total. The van der Waals surface area contributed by atoms with Crippen molar-refractivity contribution in [3.63, 3.8) is 0 Å². The molecule has 70 valence electrons. The first-order valence-electron chi connectivity index (χ1n) is 5.21. The van der Waals surface area contributed by atoms with Gasteiger partial charge in [0.15, 0.2) is 0 Å². The number of unbranched alkanes of at least 4 members (excludes halogenated alkanes) is 1. The van der Waals surface area contributed by atoms with Crippen molar-refractivity contribution in [2.45, 2.75) is 25.8 Å². The van der Waals surface area contributed by atoms with Crippen LogP contribution in [-0.4, -0.2) is 18.0 Å². The Morgan fingerprint density at radius 3 is 2.77 bits per heavy atom. The molecule has 1 aliphatic heterocycles. The molecule has 1 aliphatic rings. The van der Waals surface area contributed by atoms with Gasteiger partial charge in [0.25, 0.3) is 0 Å². The first-order chi connectivity index (χ1) is 6.42. The number of hydrogen-bond donors (Lipinski definition) is 0. The minimum Gasteiger partial charge on any atom is -0.293 e. The van der Waals surface area contributed by atoms with Gasteiger partial charge >= 0.3 is 0 Å². The Kier molecular flexibility index (Phi) is 2.65. The van der Waals surface area contributed by atoms with Gasteiger partial charge < -0.3 is 0 Å².